The van der Waals surface area contributed by atoms with Gasteiger partial charge in [0, 0.05) is 0 Å². The van der Waals surface area contributed by atoms with Crippen molar-refractivity contribution in [1.29, 1.82) is 5.53 Å². The first-order valence-electron chi connectivity index (χ1n) is 1.47. The van der Waals surface area contributed by atoms with Crippen molar-refractivity contribution in [3.63, 3.8) is 0 Å². The summed E-state index contributed by atoms with van der Waals surface area (Å²) in [7, 11) is 0. The largest absolute Gasteiger partial charge is 0.210 e. The average Bonchev–Trinajstić information content (AvgIpc) is 1.38. The smallest absolute Gasteiger partial charge is 0.0678 e. The van der Waals surface area contributed by atoms with E-state index in [1.807, 2.05) is 0 Å². The van der Waals surface area contributed by atoms with Gasteiger partial charge >= 0.3 is 0 Å². The fourth-order valence-electron chi connectivity index (χ4n) is 0. The van der Waals surface area contributed by atoms with E-state index in [-0.39, 0.29) is 6.04 Å². The van der Waals surface area contributed by atoms with Gasteiger partial charge in [-0.25, -0.2) is 5.53 Å². The number of hydrogen-bond donors (Lipinski definition) is 1. The molecule has 5 heavy (non-hydrogen) atoms. The van der Waals surface area contributed by atoms with Crippen molar-refractivity contribution in [1.82, 2.24) is 0 Å². The summed E-state index contributed by atoms with van der Waals surface area (Å²) < 4.78 is 0. The third-order valence-electron chi connectivity index (χ3n) is 0.220. The molecule has 1 unspecified atom stereocenters. The van der Waals surface area contributed by atoms with Crippen LogP contribution in [0.4, 0.5) is 0 Å². The fourth-order valence-corrected chi connectivity index (χ4v) is 0. The summed E-state index contributed by atoms with van der Waals surface area (Å²) in [4.78, 5) is 0. The molecule has 0 aliphatic carbocycles. The minimum absolute atomic E-state index is 0.0741. The molecular formula is C3H7N2. The molecule has 0 fully saturated rings. The predicted molar refractivity (Wildman–Crippen MR) is 20.0 cm³/mol. The molecule has 0 aliphatic heterocycles. The van der Waals surface area contributed by atoms with Crippen LogP contribution in [0.1, 0.15) is 6.92 Å². The molecule has 1 N–H and O–H groups in total. The van der Waals surface area contributed by atoms with Crippen molar-refractivity contribution in [3.05, 3.63) is 6.92 Å². The van der Waals surface area contributed by atoms with Crippen molar-refractivity contribution in [2.45, 2.75) is 13.0 Å². The molecule has 0 heterocycles. The Morgan fingerprint density at radius 2 is 2.20 bits per heavy atom. The number of hydrogen-bond acceptors (Lipinski definition) is 2. The number of nitrogens with zero attached hydrogens (tertiary/aromatic N) is 1. The van der Waals surface area contributed by atoms with Crippen molar-refractivity contribution < 1.29 is 0 Å². The molecule has 2 nitrogen and oxygen atoms in total. The van der Waals surface area contributed by atoms with Gasteiger partial charge in [0.15, 0.2) is 0 Å². The Balaban J connectivity index is 2.83. The fraction of sp³-hybridized carbons (Fsp3) is 0.667. The Bertz CT molecular complexity index is 31.9. The maximum atomic E-state index is 6.22. The zero-order chi connectivity index (χ0) is 4.28. The summed E-state index contributed by atoms with van der Waals surface area (Å²) in [5.74, 6) is 0. The predicted octanol–water partition coefficient (Wildman–Crippen LogP) is 1.24. The summed E-state index contributed by atoms with van der Waals surface area (Å²) in [6.45, 7) is 5.16. The zero-order valence-corrected chi connectivity index (χ0v) is 3.23. The van der Waals surface area contributed by atoms with E-state index in [9.17, 15) is 0 Å². The van der Waals surface area contributed by atoms with E-state index >= 15 is 0 Å². The van der Waals surface area contributed by atoms with Crippen molar-refractivity contribution in [2.75, 3.05) is 0 Å². The highest BCUT2D eigenvalue weighted by Gasteiger charge is 1.77. The van der Waals surface area contributed by atoms with Crippen LogP contribution in [0, 0.1) is 12.5 Å². The van der Waals surface area contributed by atoms with E-state index < -0.39 is 0 Å². The lowest BCUT2D eigenvalue weighted by molar-refractivity contribution is 0.811. The molecule has 1 atom stereocenters. The topological polar surface area (TPSA) is 36.2 Å². The van der Waals surface area contributed by atoms with Gasteiger partial charge in [-0.2, -0.15) is 5.11 Å². The molecule has 2 heteroatoms. The quantitative estimate of drug-likeness (QED) is 0.451. The van der Waals surface area contributed by atoms with Gasteiger partial charge in [-0.05, 0) is 13.8 Å². The van der Waals surface area contributed by atoms with Crippen LogP contribution in [0.2, 0.25) is 0 Å². The maximum absolute atomic E-state index is 6.22. The summed E-state index contributed by atoms with van der Waals surface area (Å²) in [6.07, 6.45) is 0. The van der Waals surface area contributed by atoms with E-state index in [0.717, 1.165) is 0 Å². The van der Waals surface area contributed by atoms with Gasteiger partial charge in [-0.15, -0.1) is 0 Å². The molecular weight excluding hydrogens is 64.0 g/mol. The first kappa shape index (κ1) is 4.60. The second-order valence-corrected chi connectivity index (χ2v) is 0.978. The maximum Gasteiger partial charge on any atom is 0.0678 e. The molecule has 0 aromatic rings. The summed E-state index contributed by atoms with van der Waals surface area (Å²) in [5.41, 5.74) is 6.22. The van der Waals surface area contributed by atoms with E-state index in [1.54, 1.807) is 6.92 Å². The Morgan fingerprint density at radius 3 is 2.20 bits per heavy atom. The van der Waals surface area contributed by atoms with Gasteiger partial charge < -0.3 is 0 Å². The van der Waals surface area contributed by atoms with Gasteiger partial charge in [-0.3, -0.25) is 0 Å². The zero-order valence-electron chi connectivity index (χ0n) is 3.23. The van der Waals surface area contributed by atoms with Crippen LogP contribution in [0.3, 0.4) is 0 Å². The molecule has 0 bridgehead atoms. The second-order valence-electron chi connectivity index (χ2n) is 0.978. The highest BCUT2D eigenvalue weighted by atomic mass is 15.0. The van der Waals surface area contributed by atoms with Crippen molar-refractivity contribution in [2.24, 2.45) is 5.11 Å². The molecule has 1 radical (unpaired) electrons. The molecule has 0 amide bonds. The van der Waals surface area contributed by atoms with Crippen LogP contribution in [-0.2, 0) is 0 Å². The van der Waals surface area contributed by atoms with Crippen LogP contribution in [0.5, 0.6) is 0 Å². The molecule has 0 rings (SSSR count). The third-order valence-corrected chi connectivity index (χ3v) is 0.220. The molecule has 0 aromatic carbocycles. The molecule has 0 saturated heterocycles. The lowest BCUT2D eigenvalue weighted by Crippen LogP contribution is -1.82. The van der Waals surface area contributed by atoms with Crippen LogP contribution in [0.15, 0.2) is 5.11 Å². The van der Waals surface area contributed by atoms with E-state index in [0.29, 0.717) is 0 Å². The molecule has 0 spiro atoms. The lowest BCUT2D eigenvalue weighted by Gasteiger charge is -1.82. The van der Waals surface area contributed by atoms with Crippen LogP contribution in [-0.4, -0.2) is 6.04 Å². The lowest BCUT2D eigenvalue weighted by atomic mass is 10.4. The summed E-state index contributed by atoms with van der Waals surface area (Å²) in [5, 5.41) is 3.03. The van der Waals surface area contributed by atoms with Crippen LogP contribution in [0.25, 0.3) is 0 Å². The second kappa shape index (κ2) is 1.88. The average molecular weight is 71.1 g/mol. The first-order valence-corrected chi connectivity index (χ1v) is 1.47. The standard InChI is InChI=1S/C3H7N2/c1-3(2)5-4/h3-4H,1H2,2H3. The Hall–Kier alpha value is -0.400. The van der Waals surface area contributed by atoms with Crippen molar-refractivity contribution in [3.8, 4) is 0 Å². The Morgan fingerprint density at radius 1 is 2.00 bits per heavy atom. The minimum atomic E-state index is -0.0741. The Kier molecular flexibility index (Phi) is 1.73. The van der Waals surface area contributed by atoms with Gasteiger partial charge in [0.05, 0.1) is 6.04 Å². The Labute approximate surface area is 31.7 Å². The minimum Gasteiger partial charge on any atom is -0.210 e. The normalized spacial score (nSPS) is 8.60. The van der Waals surface area contributed by atoms with Gasteiger partial charge in [0.25, 0.3) is 0 Å². The third kappa shape index (κ3) is 3.60. The highest BCUT2D eigenvalue weighted by molar-refractivity contribution is 4.53. The van der Waals surface area contributed by atoms with Gasteiger partial charge in [0.1, 0.15) is 0 Å². The summed E-state index contributed by atoms with van der Waals surface area (Å²) in [6, 6.07) is -0.0741. The monoisotopic (exact) mass is 71.1 g/mol. The van der Waals surface area contributed by atoms with Crippen LogP contribution < -0.4 is 0 Å². The molecule has 0 aromatic heterocycles. The van der Waals surface area contributed by atoms with Crippen LogP contribution >= 0.6 is 0 Å². The SMILES string of the molecule is [CH2]C(C)N=N. The van der Waals surface area contributed by atoms with Gasteiger partial charge in [0.2, 0.25) is 0 Å². The molecule has 0 aliphatic rings. The van der Waals surface area contributed by atoms with Gasteiger partial charge in [-0.1, -0.05) is 0 Å². The van der Waals surface area contributed by atoms with E-state index in [2.05, 4.69) is 12.0 Å². The highest BCUT2D eigenvalue weighted by Crippen LogP contribution is 1.77. The molecule has 29 valence electrons. The number of rotatable bonds is 1. The first-order chi connectivity index (χ1) is 2.27. The number of nitrogens with one attached hydrogen (secondary N) is 1. The van der Waals surface area contributed by atoms with E-state index in [4.69, 9.17) is 5.53 Å². The van der Waals surface area contributed by atoms with Crippen molar-refractivity contribution >= 4 is 0 Å². The summed E-state index contributed by atoms with van der Waals surface area (Å²) >= 11 is 0. The van der Waals surface area contributed by atoms with E-state index in [1.165, 1.54) is 0 Å². The molecule has 0 saturated carbocycles.